The molecule has 0 aliphatic heterocycles. The predicted octanol–water partition coefficient (Wildman–Crippen LogP) is -1.20. The van der Waals surface area contributed by atoms with Crippen molar-refractivity contribution < 1.29 is 33.6 Å². The average molecular weight is 271 g/mol. The molecule has 0 fully saturated rings. The van der Waals surface area contributed by atoms with E-state index in [1.165, 1.54) is 7.11 Å². The third kappa shape index (κ3) is 7.75. The highest BCUT2D eigenvalue weighted by atomic mass is 28.4. The Balaban J connectivity index is 4.17. The minimum Gasteiger partial charge on any atom is -0.394 e. The standard InChI is InChI=1S/C8H21NO7Si/c1-12-17(8-2-3-9,15-13-6-4-10)16-14-7-5-11/h10-11H,2-9H2,1H3. The molecule has 17 heavy (non-hydrogen) atoms. The maximum absolute atomic E-state index is 8.57. The number of aliphatic hydroxyl groups excluding tert-OH is 2. The molecule has 0 aliphatic rings. The zero-order chi connectivity index (χ0) is 13.0. The van der Waals surface area contributed by atoms with E-state index in [1.54, 1.807) is 0 Å². The normalized spacial score (nSPS) is 12.0. The van der Waals surface area contributed by atoms with Crippen LogP contribution >= 0.6 is 0 Å². The Morgan fingerprint density at radius 2 is 1.59 bits per heavy atom. The van der Waals surface area contributed by atoms with E-state index in [9.17, 15) is 0 Å². The van der Waals surface area contributed by atoms with E-state index in [0.717, 1.165) is 0 Å². The van der Waals surface area contributed by atoms with Gasteiger partial charge in [0.15, 0.2) is 0 Å². The Hall–Kier alpha value is -0.103. The molecule has 0 rings (SSSR count). The average Bonchev–Trinajstić information content (AvgIpc) is 2.36. The van der Waals surface area contributed by atoms with Crippen LogP contribution in [0, 0.1) is 0 Å². The molecule has 0 aromatic rings. The summed E-state index contributed by atoms with van der Waals surface area (Å²) in [6, 6.07) is 0.414. The summed E-state index contributed by atoms with van der Waals surface area (Å²) < 4.78 is 15.2. The van der Waals surface area contributed by atoms with Crippen LogP contribution in [0.5, 0.6) is 0 Å². The third-order valence-corrected chi connectivity index (χ3v) is 4.05. The quantitative estimate of drug-likeness (QED) is 0.176. The SMILES string of the molecule is CO[Si](CCCN)(OOCCO)OOCCO. The highest BCUT2D eigenvalue weighted by Gasteiger charge is 2.43. The van der Waals surface area contributed by atoms with Crippen LogP contribution in [0.3, 0.4) is 0 Å². The summed E-state index contributed by atoms with van der Waals surface area (Å²) in [7, 11) is -1.70. The van der Waals surface area contributed by atoms with Crippen LogP contribution < -0.4 is 5.73 Å². The van der Waals surface area contributed by atoms with Gasteiger partial charge in [-0.1, -0.05) is 0 Å². The van der Waals surface area contributed by atoms with Crippen molar-refractivity contribution in [3.63, 3.8) is 0 Å². The van der Waals surface area contributed by atoms with Crippen molar-refractivity contribution in [2.75, 3.05) is 40.1 Å². The summed E-state index contributed by atoms with van der Waals surface area (Å²) in [4.78, 5) is 9.49. The van der Waals surface area contributed by atoms with E-state index in [-0.39, 0.29) is 26.4 Å². The zero-order valence-electron chi connectivity index (χ0n) is 9.96. The molecular formula is C8H21NO7Si. The summed E-state index contributed by atoms with van der Waals surface area (Å²) in [6.07, 6.45) is 0.616. The van der Waals surface area contributed by atoms with Crippen LogP contribution in [0.4, 0.5) is 0 Å². The van der Waals surface area contributed by atoms with E-state index >= 15 is 0 Å². The van der Waals surface area contributed by atoms with Gasteiger partial charge < -0.3 is 20.4 Å². The van der Waals surface area contributed by atoms with Gasteiger partial charge in [-0.25, -0.2) is 18.9 Å². The molecule has 0 saturated heterocycles. The maximum Gasteiger partial charge on any atom is 0.557 e. The van der Waals surface area contributed by atoms with Crippen molar-refractivity contribution in [1.29, 1.82) is 0 Å². The summed E-state index contributed by atoms with van der Waals surface area (Å²) in [5.41, 5.74) is 5.39. The maximum atomic E-state index is 8.57. The van der Waals surface area contributed by atoms with E-state index < -0.39 is 8.80 Å². The molecule has 0 atom stereocenters. The first-order valence-electron chi connectivity index (χ1n) is 5.33. The zero-order valence-corrected chi connectivity index (χ0v) is 11.0. The summed E-state index contributed by atoms with van der Waals surface area (Å²) >= 11 is 0. The summed E-state index contributed by atoms with van der Waals surface area (Å²) in [6.45, 7) is 0.101. The van der Waals surface area contributed by atoms with Gasteiger partial charge in [-0.3, -0.25) is 0 Å². The molecule has 0 spiro atoms. The van der Waals surface area contributed by atoms with Crippen molar-refractivity contribution in [2.45, 2.75) is 12.5 Å². The highest BCUT2D eigenvalue weighted by Crippen LogP contribution is 2.17. The Bertz CT molecular complexity index is 164. The second-order valence-corrected chi connectivity index (χ2v) is 5.64. The molecule has 0 bridgehead atoms. The van der Waals surface area contributed by atoms with Crippen LogP contribution in [0.25, 0.3) is 0 Å². The first-order chi connectivity index (χ1) is 8.24. The molecule has 9 heteroatoms. The van der Waals surface area contributed by atoms with Crippen LogP contribution in [0.2, 0.25) is 6.04 Å². The fourth-order valence-corrected chi connectivity index (χ4v) is 2.62. The van der Waals surface area contributed by atoms with E-state index in [4.69, 9.17) is 39.3 Å². The Labute approximate surface area is 101 Å². The predicted molar refractivity (Wildman–Crippen MR) is 59.5 cm³/mol. The fraction of sp³-hybridized carbons (Fsp3) is 1.00. The van der Waals surface area contributed by atoms with Crippen LogP contribution in [0.1, 0.15) is 6.42 Å². The van der Waals surface area contributed by atoms with Gasteiger partial charge in [-0.2, -0.15) is 0 Å². The highest BCUT2D eigenvalue weighted by molar-refractivity contribution is 6.60. The van der Waals surface area contributed by atoms with E-state index in [2.05, 4.69) is 0 Å². The van der Waals surface area contributed by atoms with Gasteiger partial charge >= 0.3 is 8.80 Å². The smallest absolute Gasteiger partial charge is 0.394 e. The molecule has 4 N–H and O–H groups in total. The molecule has 0 unspecified atom stereocenters. The lowest BCUT2D eigenvalue weighted by atomic mass is 10.5. The largest absolute Gasteiger partial charge is 0.557 e. The lowest BCUT2D eigenvalue weighted by Crippen LogP contribution is -2.45. The van der Waals surface area contributed by atoms with Gasteiger partial charge in [0.05, 0.1) is 13.2 Å². The number of rotatable bonds is 12. The van der Waals surface area contributed by atoms with Crippen LogP contribution in [0.15, 0.2) is 0 Å². The van der Waals surface area contributed by atoms with E-state index in [1.807, 2.05) is 0 Å². The van der Waals surface area contributed by atoms with Crippen LogP contribution in [-0.2, 0) is 23.4 Å². The molecule has 8 nitrogen and oxygen atoms in total. The topological polar surface area (TPSA) is 113 Å². The lowest BCUT2D eigenvalue weighted by Gasteiger charge is -2.24. The summed E-state index contributed by atoms with van der Waals surface area (Å²) in [5, 5.41) is 17.1. The monoisotopic (exact) mass is 271 g/mol. The van der Waals surface area contributed by atoms with Gasteiger partial charge in [0.2, 0.25) is 0 Å². The van der Waals surface area contributed by atoms with Gasteiger partial charge in [0.25, 0.3) is 0 Å². The second kappa shape index (κ2) is 11.0. The van der Waals surface area contributed by atoms with E-state index in [0.29, 0.717) is 19.0 Å². The molecule has 0 aromatic heterocycles. The number of aliphatic hydroxyl groups is 2. The minimum absolute atomic E-state index is 0.00406. The number of hydrogen-bond donors (Lipinski definition) is 3. The molecule has 0 aliphatic carbocycles. The van der Waals surface area contributed by atoms with Crippen molar-refractivity contribution in [3.8, 4) is 0 Å². The minimum atomic E-state index is -3.11. The van der Waals surface area contributed by atoms with Crippen molar-refractivity contribution in [2.24, 2.45) is 5.73 Å². The Morgan fingerprint density at radius 1 is 1.06 bits per heavy atom. The van der Waals surface area contributed by atoms with Gasteiger partial charge in [-0.15, -0.1) is 0 Å². The number of nitrogens with two attached hydrogens (primary N) is 1. The molecule has 0 heterocycles. The fourth-order valence-electron chi connectivity index (χ4n) is 0.923. The molecular weight excluding hydrogens is 250 g/mol. The van der Waals surface area contributed by atoms with Crippen molar-refractivity contribution in [3.05, 3.63) is 0 Å². The first kappa shape index (κ1) is 16.9. The van der Waals surface area contributed by atoms with Gasteiger partial charge in [0.1, 0.15) is 13.2 Å². The second-order valence-electron chi connectivity index (χ2n) is 3.04. The molecule has 0 saturated carbocycles. The molecule has 0 amide bonds. The van der Waals surface area contributed by atoms with Crippen LogP contribution in [-0.4, -0.2) is 59.1 Å². The summed E-state index contributed by atoms with van der Waals surface area (Å²) in [5.74, 6) is 0. The Morgan fingerprint density at radius 3 is 1.94 bits per heavy atom. The molecule has 104 valence electrons. The van der Waals surface area contributed by atoms with Gasteiger partial charge in [0, 0.05) is 13.2 Å². The van der Waals surface area contributed by atoms with Gasteiger partial charge in [-0.05, 0) is 13.0 Å². The Kier molecular flexibility index (Phi) is 10.9. The molecule has 0 radical (unpaired) electrons. The number of hydrogen-bond acceptors (Lipinski definition) is 8. The third-order valence-electron chi connectivity index (χ3n) is 1.72. The molecule has 0 aromatic carbocycles. The lowest BCUT2D eigenvalue weighted by molar-refractivity contribution is -0.316. The van der Waals surface area contributed by atoms with Crippen molar-refractivity contribution >= 4 is 8.80 Å². The first-order valence-corrected chi connectivity index (χ1v) is 7.26. The van der Waals surface area contributed by atoms with Crippen molar-refractivity contribution in [1.82, 2.24) is 0 Å².